The quantitative estimate of drug-likeness (QED) is 0.606. The van der Waals surface area contributed by atoms with Crippen molar-refractivity contribution in [3.63, 3.8) is 0 Å². The van der Waals surface area contributed by atoms with Gasteiger partial charge in [-0.3, -0.25) is 10.1 Å². The van der Waals surface area contributed by atoms with E-state index in [9.17, 15) is 4.79 Å². The number of amides is 1. The summed E-state index contributed by atoms with van der Waals surface area (Å²) in [5, 5.41) is 3.47. The minimum atomic E-state index is -0.579. The van der Waals surface area contributed by atoms with Crippen molar-refractivity contribution in [1.29, 1.82) is 0 Å². The van der Waals surface area contributed by atoms with E-state index in [0.717, 1.165) is 31.8 Å². The van der Waals surface area contributed by atoms with Crippen molar-refractivity contribution in [3.8, 4) is 0 Å². The maximum atomic E-state index is 11.9. The zero-order valence-electron chi connectivity index (χ0n) is 11.0. The van der Waals surface area contributed by atoms with Crippen LogP contribution in [0.1, 0.15) is 44.9 Å². The van der Waals surface area contributed by atoms with Crippen LogP contribution in [-0.2, 0) is 9.53 Å². The van der Waals surface area contributed by atoms with Gasteiger partial charge in [-0.15, -0.1) is 0 Å². The van der Waals surface area contributed by atoms with Gasteiger partial charge in [-0.05, 0) is 43.9 Å². The van der Waals surface area contributed by atoms with Gasteiger partial charge in [0.25, 0.3) is 0 Å². The largest absolute Gasteiger partial charge is 0.379 e. The van der Waals surface area contributed by atoms with Crippen molar-refractivity contribution < 1.29 is 9.53 Å². The number of primary amides is 1. The van der Waals surface area contributed by atoms with E-state index < -0.39 is 5.54 Å². The molecule has 4 heteroatoms. The van der Waals surface area contributed by atoms with Gasteiger partial charge < -0.3 is 10.5 Å². The van der Waals surface area contributed by atoms with Crippen LogP contribution in [0, 0.1) is 11.8 Å². The lowest BCUT2D eigenvalue weighted by Gasteiger charge is -2.32. The summed E-state index contributed by atoms with van der Waals surface area (Å²) < 4.78 is 5.78. The number of hydrogen-bond acceptors (Lipinski definition) is 3. The molecule has 1 unspecified atom stereocenters. The lowest BCUT2D eigenvalue weighted by Crippen LogP contribution is -2.61. The normalized spacial score (nSPS) is 26.9. The molecule has 3 N–H and O–H groups in total. The topological polar surface area (TPSA) is 64.4 Å². The first kappa shape index (κ1) is 12.4. The van der Waals surface area contributed by atoms with Crippen molar-refractivity contribution >= 4 is 5.91 Å². The first-order valence-electron chi connectivity index (χ1n) is 7.36. The highest BCUT2D eigenvalue weighted by Gasteiger charge is 2.52. The molecule has 0 heterocycles. The van der Waals surface area contributed by atoms with Gasteiger partial charge >= 0.3 is 0 Å². The van der Waals surface area contributed by atoms with E-state index in [2.05, 4.69) is 5.32 Å². The summed E-state index contributed by atoms with van der Waals surface area (Å²) in [6.07, 6.45) is 8.40. The molecule has 0 spiro atoms. The molecule has 0 radical (unpaired) electrons. The predicted octanol–water partition coefficient (Wildman–Crippen LogP) is 1.19. The molecular weight excluding hydrogens is 228 g/mol. The van der Waals surface area contributed by atoms with E-state index >= 15 is 0 Å². The van der Waals surface area contributed by atoms with Crippen LogP contribution in [0.3, 0.4) is 0 Å². The van der Waals surface area contributed by atoms with Crippen molar-refractivity contribution in [2.24, 2.45) is 17.6 Å². The summed E-state index contributed by atoms with van der Waals surface area (Å²) in [6.45, 7) is 1.25. The molecule has 0 bridgehead atoms. The van der Waals surface area contributed by atoms with Gasteiger partial charge in [-0.1, -0.05) is 12.8 Å². The summed E-state index contributed by atoms with van der Waals surface area (Å²) in [5.74, 6) is 1.06. The maximum absolute atomic E-state index is 11.9. The fraction of sp³-hybridized carbons (Fsp3) is 0.929. The van der Waals surface area contributed by atoms with Crippen LogP contribution in [0.4, 0.5) is 0 Å². The van der Waals surface area contributed by atoms with E-state index in [1.165, 1.54) is 25.7 Å². The Morgan fingerprint density at radius 3 is 2.44 bits per heavy atom. The van der Waals surface area contributed by atoms with E-state index in [0.29, 0.717) is 18.6 Å². The molecule has 0 aliphatic heterocycles. The number of carbonyl (C=O) groups excluding carboxylic acids is 1. The monoisotopic (exact) mass is 252 g/mol. The Balaban J connectivity index is 1.53. The van der Waals surface area contributed by atoms with Crippen LogP contribution in [-0.4, -0.2) is 30.7 Å². The molecule has 0 aromatic rings. The number of carbonyl (C=O) groups is 1. The molecule has 3 rings (SSSR count). The molecule has 1 amide bonds. The number of rotatable bonds is 9. The fourth-order valence-corrected chi connectivity index (χ4v) is 2.68. The van der Waals surface area contributed by atoms with Gasteiger partial charge in [0, 0.05) is 12.6 Å². The summed E-state index contributed by atoms with van der Waals surface area (Å²) in [4.78, 5) is 11.9. The Bertz CT molecular complexity index is 322. The molecule has 0 saturated heterocycles. The summed E-state index contributed by atoms with van der Waals surface area (Å²) in [6, 6.07) is 0.491. The third-order valence-electron chi connectivity index (χ3n) is 4.45. The van der Waals surface area contributed by atoms with Crippen molar-refractivity contribution in [3.05, 3.63) is 0 Å². The van der Waals surface area contributed by atoms with E-state index in [1.807, 2.05) is 0 Å². The van der Waals surface area contributed by atoms with Gasteiger partial charge in [0.05, 0.1) is 6.61 Å². The second-order valence-electron chi connectivity index (χ2n) is 6.31. The zero-order chi connectivity index (χ0) is 12.6. The number of ether oxygens (including phenoxy) is 1. The zero-order valence-corrected chi connectivity index (χ0v) is 11.0. The number of nitrogens with two attached hydrogens (primary N) is 1. The molecule has 1 atom stereocenters. The SMILES string of the molecule is NC(=O)C(COCCC1CC1)(NC1CC1)C1CC1. The van der Waals surface area contributed by atoms with Crippen molar-refractivity contribution in [2.45, 2.75) is 56.5 Å². The van der Waals surface area contributed by atoms with Crippen LogP contribution < -0.4 is 11.1 Å². The Labute approximate surface area is 109 Å². The van der Waals surface area contributed by atoms with Crippen LogP contribution in [0.5, 0.6) is 0 Å². The van der Waals surface area contributed by atoms with Gasteiger partial charge in [-0.2, -0.15) is 0 Å². The second kappa shape index (κ2) is 4.82. The third kappa shape index (κ3) is 2.86. The molecule has 3 aliphatic rings. The molecule has 0 aromatic heterocycles. The molecule has 18 heavy (non-hydrogen) atoms. The summed E-state index contributed by atoms with van der Waals surface area (Å²) >= 11 is 0. The van der Waals surface area contributed by atoms with Crippen molar-refractivity contribution in [1.82, 2.24) is 5.32 Å². The third-order valence-corrected chi connectivity index (χ3v) is 4.45. The molecule has 102 valence electrons. The van der Waals surface area contributed by atoms with E-state index in [1.54, 1.807) is 0 Å². The lowest BCUT2D eigenvalue weighted by atomic mass is 9.93. The molecule has 0 aromatic carbocycles. The van der Waals surface area contributed by atoms with Gasteiger partial charge in [-0.25, -0.2) is 0 Å². The highest BCUT2D eigenvalue weighted by molar-refractivity contribution is 5.86. The van der Waals surface area contributed by atoms with E-state index in [4.69, 9.17) is 10.5 Å². The molecule has 3 saturated carbocycles. The Kier molecular flexibility index (Phi) is 3.32. The minimum absolute atomic E-state index is 0.219. The highest BCUT2D eigenvalue weighted by Crippen LogP contribution is 2.42. The fourth-order valence-electron chi connectivity index (χ4n) is 2.68. The predicted molar refractivity (Wildman–Crippen MR) is 69.0 cm³/mol. The first-order valence-corrected chi connectivity index (χ1v) is 7.36. The van der Waals surface area contributed by atoms with Crippen LogP contribution in [0.25, 0.3) is 0 Å². The highest BCUT2D eigenvalue weighted by atomic mass is 16.5. The Morgan fingerprint density at radius 2 is 1.94 bits per heavy atom. The smallest absolute Gasteiger partial charge is 0.240 e. The summed E-state index contributed by atoms with van der Waals surface area (Å²) in [7, 11) is 0. The number of nitrogens with one attached hydrogen (secondary N) is 1. The maximum Gasteiger partial charge on any atom is 0.240 e. The minimum Gasteiger partial charge on any atom is -0.379 e. The molecule has 3 fully saturated rings. The number of hydrogen-bond donors (Lipinski definition) is 2. The second-order valence-corrected chi connectivity index (χ2v) is 6.31. The van der Waals surface area contributed by atoms with Crippen LogP contribution in [0.2, 0.25) is 0 Å². The van der Waals surface area contributed by atoms with Gasteiger partial charge in [0.2, 0.25) is 5.91 Å². The summed E-state index contributed by atoms with van der Waals surface area (Å²) in [5.41, 5.74) is 5.08. The first-order chi connectivity index (χ1) is 8.71. The molecule has 3 aliphatic carbocycles. The van der Waals surface area contributed by atoms with Gasteiger partial charge in [0.15, 0.2) is 0 Å². The van der Waals surface area contributed by atoms with Crippen LogP contribution >= 0.6 is 0 Å². The van der Waals surface area contributed by atoms with Crippen LogP contribution in [0.15, 0.2) is 0 Å². The lowest BCUT2D eigenvalue weighted by molar-refractivity contribution is -0.128. The Morgan fingerprint density at radius 1 is 1.22 bits per heavy atom. The van der Waals surface area contributed by atoms with E-state index in [-0.39, 0.29) is 5.91 Å². The molecule has 4 nitrogen and oxygen atoms in total. The Hall–Kier alpha value is -0.610. The standard InChI is InChI=1S/C14H24N2O2/c15-13(17)14(11-3-4-11,16-12-5-6-12)9-18-8-7-10-1-2-10/h10-12,16H,1-9H2,(H2,15,17). The van der Waals surface area contributed by atoms with Gasteiger partial charge in [0.1, 0.15) is 5.54 Å². The average molecular weight is 252 g/mol. The average Bonchev–Trinajstić information content (AvgIpc) is 3.16. The van der Waals surface area contributed by atoms with Crippen molar-refractivity contribution in [2.75, 3.05) is 13.2 Å². The molecular formula is C14H24N2O2.